The van der Waals surface area contributed by atoms with Gasteiger partial charge in [-0.1, -0.05) is 48.2 Å². The summed E-state index contributed by atoms with van der Waals surface area (Å²) in [6, 6.07) is 16.8. The average molecular weight is 322 g/mol. The predicted octanol–water partition coefficient (Wildman–Crippen LogP) is 3.62. The van der Waals surface area contributed by atoms with Crippen molar-refractivity contribution in [2.45, 2.75) is 19.6 Å². The summed E-state index contributed by atoms with van der Waals surface area (Å²) in [6.45, 7) is 2.87. The van der Waals surface area contributed by atoms with Gasteiger partial charge in [0.15, 0.2) is 11.4 Å². The number of thioether (sulfide) groups is 1. The molecule has 0 unspecified atom stereocenters. The van der Waals surface area contributed by atoms with Crippen molar-refractivity contribution in [1.82, 2.24) is 10.2 Å². The fourth-order valence-electron chi connectivity index (χ4n) is 2.76. The Morgan fingerprint density at radius 1 is 1.22 bits per heavy atom. The van der Waals surface area contributed by atoms with Crippen LogP contribution in [0.25, 0.3) is 0 Å². The van der Waals surface area contributed by atoms with Crippen LogP contribution in [0.2, 0.25) is 0 Å². The SMILES string of the molecule is CSC(=Nc1ccc2c(c1)CN(Cc1ccccc1)C2)NC#N. The molecule has 0 aromatic heterocycles. The first-order valence-electron chi connectivity index (χ1n) is 7.44. The van der Waals surface area contributed by atoms with E-state index in [1.165, 1.54) is 28.5 Å². The molecule has 2 aromatic carbocycles. The smallest absolute Gasteiger partial charge is 0.183 e. The zero-order chi connectivity index (χ0) is 16.1. The van der Waals surface area contributed by atoms with Gasteiger partial charge in [-0.05, 0) is 35.1 Å². The Kier molecular flexibility index (Phi) is 4.96. The van der Waals surface area contributed by atoms with Crippen LogP contribution in [-0.2, 0) is 19.6 Å². The maximum Gasteiger partial charge on any atom is 0.183 e. The monoisotopic (exact) mass is 322 g/mol. The van der Waals surface area contributed by atoms with Gasteiger partial charge in [0.1, 0.15) is 0 Å². The van der Waals surface area contributed by atoms with E-state index in [9.17, 15) is 0 Å². The Morgan fingerprint density at radius 3 is 2.74 bits per heavy atom. The minimum absolute atomic E-state index is 0.617. The molecular weight excluding hydrogens is 304 g/mol. The molecular formula is C18H18N4S. The molecule has 0 saturated carbocycles. The van der Waals surface area contributed by atoms with E-state index < -0.39 is 0 Å². The molecule has 0 fully saturated rings. The summed E-state index contributed by atoms with van der Waals surface area (Å²) in [4.78, 5) is 6.91. The summed E-state index contributed by atoms with van der Waals surface area (Å²) in [5.41, 5.74) is 4.90. The molecule has 1 aliphatic rings. The number of aliphatic imine (C=N–C) groups is 1. The molecule has 1 N–H and O–H groups in total. The summed E-state index contributed by atoms with van der Waals surface area (Å²) in [5, 5.41) is 11.9. The zero-order valence-corrected chi connectivity index (χ0v) is 13.8. The van der Waals surface area contributed by atoms with Crippen LogP contribution in [0.5, 0.6) is 0 Å². The van der Waals surface area contributed by atoms with Crippen molar-refractivity contribution in [2.75, 3.05) is 6.26 Å². The highest BCUT2D eigenvalue weighted by Crippen LogP contribution is 2.28. The Labute approximate surface area is 140 Å². The van der Waals surface area contributed by atoms with Gasteiger partial charge in [0.05, 0.1) is 5.69 Å². The highest BCUT2D eigenvalue weighted by molar-refractivity contribution is 8.13. The van der Waals surface area contributed by atoms with Crippen LogP contribution >= 0.6 is 11.8 Å². The maximum atomic E-state index is 8.71. The van der Waals surface area contributed by atoms with E-state index >= 15 is 0 Å². The lowest BCUT2D eigenvalue weighted by atomic mass is 10.1. The summed E-state index contributed by atoms with van der Waals surface area (Å²) < 4.78 is 0. The first kappa shape index (κ1) is 15.6. The fraction of sp³-hybridized carbons (Fsp3) is 0.222. The van der Waals surface area contributed by atoms with E-state index in [-0.39, 0.29) is 0 Å². The largest absolute Gasteiger partial charge is 0.291 e. The van der Waals surface area contributed by atoms with Gasteiger partial charge >= 0.3 is 0 Å². The standard InChI is InChI=1S/C18H18N4S/c1-23-18(20-13-19)21-17-8-7-15-11-22(12-16(15)9-17)10-14-5-3-2-4-6-14/h2-9H,10-12H2,1H3,(H,20,21). The Balaban J connectivity index is 1.72. The van der Waals surface area contributed by atoms with Crippen molar-refractivity contribution >= 4 is 22.6 Å². The molecule has 116 valence electrons. The average Bonchev–Trinajstić information content (AvgIpc) is 2.96. The molecule has 23 heavy (non-hydrogen) atoms. The minimum atomic E-state index is 0.617. The number of nitrogens with one attached hydrogen (secondary N) is 1. The molecule has 0 spiro atoms. The van der Waals surface area contributed by atoms with Crippen LogP contribution in [0.1, 0.15) is 16.7 Å². The van der Waals surface area contributed by atoms with Gasteiger partial charge < -0.3 is 0 Å². The third-order valence-electron chi connectivity index (χ3n) is 3.81. The molecule has 0 aliphatic carbocycles. The molecule has 1 aliphatic heterocycles. The molecule has 0 radical (unpaired) electrons. The van der Waals surface area contributed by atoms with E-state index in [0.717, 1.165) is 25.3 Å². The maximum absolute atomic E-state index is 8.71. The van der Waals surface area contributed by atoms with Crippen LogP contribution in [0.3, 0.4) is 0 Å². The number of amidine groups is 1. The topological polar surface area (TPSA) is 51.4 Å². The van der Waals surface area contributed by atoms with Crippen molar-refractivity contribution in [3.63, 3.8) is 0 Å². The number of hydrogen-bond acceptors (Lipinski definition) is 4. The van der Waals surface area contributed by atoms with Crippen molar-refractivity contribution in [2.24, 2.45) is 4.99 Å². The normalized spacial score (nSPS) is 14.3. The van der Waals surface area contributed by atoms with Crippen LogP contribution in [0.4, 0.5) is 5.69 Å². The molecule has 0 atom stereocenters. The van der Waals surface area contributed by atoms with Crippen LogP contribution in [-0.4, -0.2) is 16.3 Å². The lowest BCUT2D eigenvalue weighted by Gasteiger charge is -2.14. The van der Waals surface area contributed by atoms with Crippen LogP contribution in [0, 0.1) is 11.5 Å². The number of fused-ring (bicyclic) bond motifs is 1. The van der Waals surface area contributed by atoms with Gasteiger partial charge in [-0.15, -0.1) is 0 Å². The first-order valence-corrected chi connectivity index (χ1v) is 8.67. The van der Waals surface area contributed by atoms with E-state index in [4.69, 9.17) is 5.26 Å². The number of nitriles is 1. The van der Waals surface area contributed by atoms with Gasteiger partial charge in [-0.3, -0.25) is 10.2 Å². The third-order valence-corrected chi connectivity index (χ3v) is 4.39. The Bertz CT molecular complexity index is 749. The molecule has 1 heterocycles. The van der Waals surface area contributed by atoms with Gasteiger partial charge in [0, 0.05) is 19.6 Å². The van der Waals surface area contributed by atoms with Crippen molar-refractivity contribution in [3.8, 4) is 6.19 Å². The van der Waals surface area contributed by atoms with Crippen molar-refractivity contribution in [1.29, 1.82) is 5.26 Å². The Hall–Kier alpha value is -2.29. The van der Waals surface area contributed by atoms with E-state index in [1.807, 2.05) is 24.6 Å². The third kappa shape index (κ3) is 3.92. The summed E-state index contributed by atoms with van der Waals surface area (Å²) >= 11 is 1.43. The molecule has 2 aromatic rings. The summed E-state index contributed by atoms with van der Waals surface area (Å²) in [7, 11) is 0. The second-order valence-electron chi connectivity index (χ2n) is 5.44. The molecule has 4 nitrogen and oxygen atoms in total. The highest BCUT2D eigenvalue weighted by Gasteiger charge is 2.19. The zero-order valence-electron chi connectivity index (χ0n) is 13.0. The summed E-state index contributed by atoms with van der Waals surface area (Å²) in [6.07, 6.45) is 3.82. The molecule has 0 amide bonds. The lowest BCUT2D eigenvalue weighted by Crippen LogP contribution is -2.15. The van der Waals surface area contributed by atoms with Crippen LogP contribution in [0.15, 0.2) is 53.5 Å². The predicted molar refractivity (Wildman–Crippen MR) is 95.2 cm³/mol. The van der Waals surface area contributed by atoms with E-state index in [0.29, 0.717) is 5.17 Å². The van der Waals surface area contributed by atoms with Crippen molar-refractivity contribution < 1.29 is 0 Å². The Morgan fingerprint density at radius 2 is 2.00 bits per heavy atom. The van der Waals surface area contributed by atoms with Gasteiger partial charge in [-0.2, -0.15) is 5.26 Å². The first-order chi connectivity index (χ1) is 11.3. The second-order valence-corrected chi connectivity index (χ2v) is 6.24. The highest BCUT2D eigenvalue weighted by atomic mass is 32.2. The number of hydrogen-bond donors (Lipinski definition) is 1. The van der Waals surface area contributed by atoms with Gasteiger partial charge in [-0.25, -0.2) is 4.99 Å². The second kappa shape index (κ2) is 7.32. The summed E-state index contributed by atoms with van der Waals surface area (Å²) in [5.74, 6) is 0. The number of benzene rings is 2. The van der Waals surface area contributed by atoms with Gasteiger partial charge in [0.2, 0.25) is 0 Å². The van der Waals surface area contributed by atoms with E-state index in [1.54, 1.807) is 0 Å². The minimum Gasteiger partial charge on any atom is -0.291 e. The quantitative estimate of drug-likeness (QED) is 0.406. The molecule has 3 rings (SSSR count). The van der Waals surface area contributed by atoms with Crippen LogP contribution < -0.4 is 5.32 Å². The number of nitrogens with zero attached hydrogens (tertiary/aromatic N) is 3. The van der Waals surface area contributed by atoms with Crippen molar-refractivity contribution in [3.05, 3.63) is 65.2 Å². The van der Waals surface area contributed by atoms with Gasteiger partial charge in [0.25, 0.3) is 0 Å². The molecule has 0 bridgehead atoms. The number of rotatable bonds is 3. The molecule has 5 heteroatoms. The van der Waals surface area contributed by atoms with E-state index in [2.05, 4.69) is 51.6 Å². The lowest BCUT2D eigenvalue weighted by molar-refractivity contribution is 0.275. The molecule has 0 saturated heterocycles. The fourth-order valence-corrected chi connectivity index (χ4v) is 3.11.